The second-order valence-electron chi connectivity index (χ2n) is 6.79. The molecule has 136 valence electrons. The Morgan fingerprint density at radius 2 is 1.96 bits per heavy atom. The van der Waals surface area contributed by atoms with Crippen molar-refractivity contribution in [1.29, 1.82) is 0 Å². The van der Waals surface area contributed by atoms with Gasteiger partial charge in [-0.15, -0.1) is 0 Å². The Balaban J connectivity index is 1.45. The summed E-state index contributed by atoms with van der Waals surface area (Å²) in [6.07, 6.45) is 4.23. The van der Waals surface area contributed by atoms with Crippen molar-refractivity contribution < 1.29 is 9.90 Å². The lowest BCUT2D eigenvalue weighted by Crippen LogP contribution is -2.22. The smallest absolute Gasteiger partial charge is 0.181 e. The molecule has 0 aliphatic carbocycles. The van der Waals surface area contributed by atoms with E-state index in [0.29, 0.717) is 12.0 Å². The molecule has 1 aliphatic rings. The molecule has 0 spiro atoms. The molecular weight excluding hydrogens is 324 g/mol. The zero-order valence-electron chi connectivity index (χ0n) is 15.1. The molecule has 3 rings (SSSR count). The number of anilines is 1. The van der Waals surface area contributed by atoms with E-state index < -0.39 is 6.61 Å². The zero-order chi connectivity index (χ0) is 18.4. The van der Waals surface area contributed by atoms with Gasteiger partial charge in [0.25, 0.3) is 0 Å². The van der Waals surface area contributed by atoms with E-state index >= 15 is 0 Å². The summed E-state index contributed by atoms with van der Waals surface area (Å²) in [5.41, 5.74) is 4.87. The third-order valence-corrected chi connectivity index (χ3v) is 4.91. The van der Waals surface area contributed by atoms with Crippen molar-refractivity contribution in [2.24, 2.45) is 0 Å². The Morgan fingerprint density at radius 3 is 2.73 bits per heavy atom. The number of fused-ring (bicyclic) bond motifs is 1. The van der Waals surface area contributed by atoms with E-state index in [-0.39, 0.29) is 5.78 Å². The topological polar surface area (TPSA) is 61.4 Å². The predicted octanol–water partition coefficient (Wildman–Crippen LogP) is 3.34. The van der Waals surface area contributed by atoms with Crippen molar-refractivity contribution in [3.05, 3.63) is 71.3 Å². The summed E-state index contributed by atoms with van der Waals surface area (Å²) in [5.74, 6) is 0.267. The highest BCUT2D eigenvalue weighted by atomic mass is 16.3. The lowest BCUT2D eigenvalue weighted by molar-refractivity contribution is -0.117. The minimum Gasteiger partial charge on any atom is -0.388 e. The number of hydrogen-bond donors (Lipinski definition) is 3. The maximum Gasteiger partial charge on any atom is 0.181 e. The number of carbonyl (C=O) groups excluding carboxylic acids is 1. The number of para-hydroxylation sites is 1. The molecule has 1 aliphatic heterocycles. The van der Waals surface area contributed by atoms with Gasteiger partial charge in [-0.3, -0.25) is 4.79 Å². The van der Waals surface area contributed by atoms with E-state index in [1.165, 1.54) is 22.9 Å². The van der Waals surface area contributed by atoms with Gasteiger partial charge in [0.15, 0.2) is 5.78 Å². The van der Waals surface area contributed by atoms with Crippen molar-refractivity contribution in [2.45, 2.75) is 31.8 Å². The first-order valence-corrected chi connectivity index (χ1v) is 9.14. The van der Waals surface area contributed by atoms with Crippen LogP contribution in [0.4, 0.5) is 5.69 Å². The van der Waals surface area contributed by atoms with Gasteiger partial charge in [-0.2, -0.15) is 0 Å². The number of aliphatic hydroxyl groups excluding tert-OH is 1. The van der Waals surface area contributed by atoms with Crippen molar-refractivity contribution in [2.75, 3.05) is 18.5 Å². The Bertz CT molecular complexity index is 768. The van der Waals surface area contributed by atoms with Crippen LogP contribution < -0.4 is 10.6 Å². The molecule has 0 amide bonds. The Morgan fingerprint density at radius 1 is 1.19 bits per heavy atom. The highest BCUT2D eigenvalue weighted by Crippen LogP contribution is 2.37. The molecule has 4 heteroatoms. The van der Waals surface area contributed by atoms with Crippen LogP contribution in [0.15, 0.2) is 54.6 Å². The van der Waals surface area contributed by atoms with Crippen molar-refractivity contribution in [1.82, 2.24) is 5.32 Å². The third-order valence-electron chi connectivity index (χ3n) is 4.91. The second-order valence-corrected chi connectivity index (χ2v) is 6.79. The lowest BCUT2D eigenvalue weighted by Gasteiger charge is -2.16. The third kappa shape index (κ3) is 4.59. The first-order chi connectivity index (χ1) is 12.7. The average molecular weight is 350 g/mol. The molecule has 1 heterocycles. The molecule has 2 unspecified atom stereocenters. The van der Waals surface area contributed by atoms with Crippen LogP contribution in [0.1, 0.15) is 36.0 Å². The second kappa shape index (κ2) is 8.79. The summed E-state index contributed by atoms with van der Waals surface area (Å²) in [6, 6.07) is 17.1. The fraction of sp³-hybridized carbons (Fsp3) is 0.318. The Labute approximate surface area is 154 Å². The van der Waals surface area contributed by atoms with E-state index in [9.17, 15) is 4.79 Å². The number of aliphatic hydroxyl groups is 1. The minimum atomic E-state index is -0.446. The molecule has 26 heavy (non-hydrogen) atoms. The van der Waals surface area contributed by atoms with Gasteiger partial charge in [-0.05, 0) is 48.7 Å². The van der Waals surface area contributed by atoms with E-state index in [0.717, 1.165) is 25.1 Å². The molecule has 2 aromatic carbocycles. The lowest BCUT2D eigenvalue weighted by atomic mass is 9.93. The molecule has 2 atom stereocenters. The van der Waals surface area contributed by atoms with Crippen LogP contribution in [-0.4, -0.2) is 30.1 Å². The van der Waals surface area contributed by atoms with Gasteiger partial charge >= 0.3 is 0 Å². The van der Waals surface area contributed by atoms with Crippen LogP contribution in [0.3, 0.4) is 0 Å². The number of benzene rings is 2. The van der Waals surface area contributed by atoms with Crippen molar-refractivity contribution >= 4 is 17.5 Å². The number of ketones is 1. The van der Waals surface area contributed by atoms with Gasteiger partial charge in [-0.1, -0.05) is 48.5 Å². The van der Waals surface area contributed by atoms with Crippen LogP contribution in [0.5, 0.6) is 0 Å². The molecule has 0 saturated carbocycles. The fourth-order valence-electron chi connectivity index (χ4n) is 3.45. The number of nitrogens with one attached hydrogen (secondary N) is 2. The van der Waals surface area contributed by atoms with Crippen molar-refractivity contribution in [3.63, 3.8) is 0 Å². The average Bonchev–Trinajstić information content (AvgIpc) is 2.99. The van der Waals surface area contributed by atoms with E-state index in [1.807, 2.05) is 12.1 Å². The summed E-state index contributed by atoms with van der Waals surface area (Å²) in [7, 11) is 0. The van der Waals surface area contributed by atoms with Gasteiger partial charge in [0.05, 0.1) is 0 Å². The normalized spacial score (nSPS) is 18.7. The van der Waals surface area contributed by atoms with Gasteiger partial charge in [0.2, 0.25) is 0 Å². The van der Waals surface area contributed by atoms with Gasteiger partial charge in [-0.25, -0.2) is 0 Å². The summed E-state index contributed by atoms with van der Waals surface area (Å²) in [4.78, 5) is 11.1. The van der Waals surface area contributed by atoms with Gasteiger partial charge in [0.1, 0.15) is 6.61 Å². The van der Waals surface area contributed by atoms with E-state index in [1.54, 1.807) is 6.08 Å². The number of carbonyl (C=O) groups is 1. The summed E-state index contributed by atoms with van der Waals surface area (Å²) in [5, 5.41) is 15.8. The van der Waals surface area contributed by atoms with Crippen LogP contribution in [0.2, 0.25) is 0 Å². The predicted molar refractivity (Wildman–Crippen MR) is 106 cm³/mol. The highest BCUT2D eigenvalue weighted by Gasteiger charge is 2.27. The molecule has 4 nitrogen and oxygen atoms in total. The fourth-order valence-corrected chi connectivity index (χ4v) is 3.45. The Kier molecular flexibility index (Phi) is 6.21. The maximum absolute atomic E-state index is 11.1. The molecule has 0 bridgehead atoms. The maximum atomic E-state index is 11.1. The molecule has 0 aromatic heterocycles. The van der Waals surface area contributed by atoms with Gasteiger partial charge < -0.3 is 15.7 Å². The van der Waals surface area contributed by atoms with Crippen LogP contribution in [0.25, 0.3) is 6.08 Å². The molecule has 2 aromatic rings. The van der Waals surface area contributed by atoms with Gasteiger partial charge in [0, 0.05) is 24.2 Å². The quantitative estimate of drug-likeness (QED) is 0.505. The Hall–Kier alpha value is -2.43. The molecule has 0 saturated heterocycles. The first-order valence-electron chi connectivity index (χ1n) is 9.14. The van der Waals surface area contributed by atoms with Crippen LogP contribution in [-0.2, 0) is 11.3 Å². The molecule has 3 N–H and O–H groups in total. The van der Waals surface area contributed by atoms with E-state index in [2.05, 4.69) is 54.0 Å². The van der Waals surface area contributed by atoms with Crippen LogP contribution >= 0.6 is 0 Å². The standard InChI is InChI=1S/C22H26N2O2/c1-16-20(21-4-2-3-5-22(21)24-16)12-13-23-14-18-8-6-17(7-9-18)10-11-19(26)15-25/h2-11,16,20,23-25H,12-15H2,1H3/b11-10+. The molecular formula is C22H26N2O2. The summed E-state index contributed by atoms with van der Waals surface area (Å²) >= 11 is 0. The number of rotatable bonds is 8. The minimum absolute atomic E-state index is 0.284. The van der Waals surface area contributed by atoms with Crippen LogP contribution in [0, 0.1) is 0 Å². The van der Waals surface area contributed by atoms with Crippen molar-refractivity contribution in [3.8, 4) is 0 Å². The first kappa shape index (κ1) is 18.4. The largest absolute Gasteiger partial charge is 0.388 e. The number of hydrogen-bond acceptors (Lipinski definition) is 4. The zero-order valence-corrected chi connectivity index (χ0v) is 15.1. The molecule has 0 radical (unpaired) electrons. The monoisotopic (exact) mass is 350 g/mol. The summed E-state index contributed by atoms with van der Waals surface area (Å²) in [6.45, 7) is 3.60. The SMILES string of the molecule is CC1Nc2ccccc2C1CCNCc1ccc(/C=C/C(=O)CO)cc1. The summed E-state index contributed by atoms with van der Waals surface area (Å²) < 4.78 is 0. The highest BCUT2D eigenvalue weighted by molar-refractivity contribution is 5.94. The molecule has 0 fully saturated rings. The van der Waals surface area contributed by atoms with E-state index in [4.69, 9.17) is 5.11 Å².